The van der Waals surface area contributed by atoms with Crippen molar-refractivity contribution in [3.63, 3.8) is 0 Å². The van der Waals surface area contributed by atoms with E-state index in [1.807, 2.05) is 18.2 Å². The maximum Gasteiger partial charge on any atom is 0.255 e. The van der Waals surface area contributed by atoms with Gasteiger partial charge in [-0.2, -0.15) is 0 Å². The van der Waals surface area contributed by atoms with Crippen LogP contribution in [-0.4, -0.2) is 24.8 Å². The highest BCUT2D eigenvalue weighted by atomic mass is 32.2. The van der Waals surface area contributed by atoms with Gasteiger partial charge in [0.2, 0.25) is 10.0 Å². The molecule has 0 bridgehead atoms. The summed E-state index contributed by atoms with van der Waals surface area (Å²) in [7, 11) is -3.79. The van der Waals surface area contributed by atoms with Crippen molar-refractivity contribution in [2.75, 3.05) is 5.32 Å². The van der Waals surface area contributed by atoms with Gasteiger partial charge < -0.3 is 10.1 Å². The van der Waals surface area contributed by atoms with E-state index in [4.69, 9.17) is 4.74 Å². The molecule has 5 aromatic rings. The van der Waals surface area contributed by atoms with E-state index in [-0.39, 0.29) is 16.3 Å². The Balaban J connectivity index is 1.38. The van der Waals surface area contributed by atoms with Crippen molar-refractivity contribution in [1.29, 1.82) is 0 Å². The van der Waals surface area contributed by atoms with Crippen LogP contribution in [0.2, 0.25) is 0 Å². The van der Waals surface area contributed by atoms with Crippen LogP contribution in [0.25, 0.3) is 21.9 Å². The summed E-state index contributed by atoms with van der Waals surface area (Å²) in [5, 5.41) is 4.59. The van der Waals surface area contributed by atoms with Crippen molar-refractivity contribution >= 4 is 32.4 Å². The fourth-order valence-electron chi connectivity index (χ4n) is 4.34. The van der Waals surface area contributed by atoms with E-state index >= 15 is 0 Å². The monoisotopic (exact) mass is 569 g/mol. The number of carbonyl (C=O) groups is 1. The van der Waals surface area contributed by atoms with Crippen molar-refractivity contribution in [2.45, 2.75) is 31.2 Å². The molecule has 0 atom stereocenters. The Bertz CT molecular complexity index is 1850. The van der Waals surface area contributed by atoms with Crippen LogP contribution in [0, 0.1) is 5.82 Å². The minimum Gasteiger partial charge on any atom is -0.455 e. The van der Waals surface area contributed by atoms with Crippen LogP contribution in [0.1, 0.15) is 31.1 Å². The van der Waals surface area contributed by atoms with Crippen molar-refractivity contribution in [2.24, 2.45) is 0 Å². The number of nitrogens with zero attached hydrogens (tertiary/aromatic N) is 1. The van der Waals surface area contributed by atoms with Gasteiger partial charge in [0.1, 0.15) is 11.6 Å². The van der Waals surface area contributed by atoms with Gasteiger partial charge in [-0.25, -0.2) is 17.5 Å². The first-order chi connectivity index (χ1) is 19.5. The molecule has 208 valence electrons. The first kappa shape index (κ1) is 27.9. The number of hydrogen-bond donors (Lipinski definition) is 2. The number of ether oxygens (including phenoxy) is 1. The largest absolute Gasteiger partial charge is 0.455 e. The Morgan fingerprint density at radius 3 is 2.39 bits per heavy atom. The number of sulfonamides is 1. The summed E-state index contributed by atoms with van der Waals surface area (Å²) in [5.74, 6) is -0.242. The van der Waals surface area contributed by atoms with E-state index in [9.17, 15) is 17.6 Å². The Morgan fingerprint density at radius 2 is 1.63 bits per heavy atom. The summed E-state index contributed by atoms with van der Waals surface area (Å²) >= 11 is 0. The van der Waals surface area contributed by atoms with Crippen LogP contribution < -0.4 is 14.8 Å². The molecule has 41 heavy (non-hydrogen) atoms. The number of fused-ring (bicyclic) bond motifs is 1. The standard InChI is InChI=1S/C32H28FN3O4S/c1-32(2,3)36-41(38,39)30-7-5-4-6-27(30)22-8-10-23(11-9-22)31(37)35-28-19-25(33)13-15-29(28)40-26-14-12-21-16-17-34-20-24(21)18-26/h4-20,36H,1-3H3,(H,35,37). The molecule has 1 amide bonds. The number of benzene rings is 4. The number of hydrogen-bond acceptors (Lipinski definition) is 5. The lowest BCUT2D eigenvalue weighted by Gasteiger charge is -2.21. The Hall–Kier alpha value is -4.60. The topological polar surface area (TPSA) is 97.4 Å². The average molecular weight is 570 g/mol. The molecule has 0 unspecified atom stereocenters. The summed E-state index contributed by atoms with van der Waals surface area (Å²) in [6.45, 7) is 5.32. The number of rotatable bonds is 7. The highest BCUT2D eigenvalue weighted by Gasteiger charge is 2.25. The fraction of sp³-hybridized carbons (Fsp3) is 0.125. The van der Waals surface area contributed by atoms with Gasteiger partial charge in [0.25, 0.3) is 5.91 Å². The van der Waals surface area contributed by atoms with E-state index < -0.39 is 27.3 Å². The summed E-state index contributed by atoms with van der Waals surface area (Å²) in [4.78, 5) is 17.4. The Morgan fingerprint density at radius 1 is 0.878 bits per heavy atom. The molecule has 0 radical (unpaired) electrons. The highest BCUT2D eigenvalue weighted by molar-refractivity contribution is 7.89. The first-order valence-corrected chi connectivity index (χ1v) is 14.3. The second kappa shape index (κ2) is 11.1. The molecule has 0 fully saturated rings. The summed E-state index contributed by atoms with van der Waals surface area (Å²) < 4.78 is 48.9. The van der Waals surface area contributed by atoms with Crippen molar-refractivity contribution in [1.82, 2.24) is 9.71 Å². The third-order valence-electron chi connectivity index (χ3n) is 6.10. The Labute approximate surface area is 238 Å². The Kier molecular flexibility index (Phi) is 7.57. The molecule has 4 aromatic carbocycles. The van der Waals surface area contributed by atoms with E-state index in [1.165, 1.54) is 18.2 Å². The highest BCUT2D eigenvalue weighted by Crippen LogP contribution is 2.33. The lowest BCUT2D eigenvalue weighted by atomic mass is 10.0. The van der Waals surface area contributed by atoms with Gasteiger partial charge in [-0.3, -0.25) is 9.78 Å². The summed E-state index contributed by atoms with van der Waals surface area (Å²) in [6, 6.07) is 24.4. The predicted octanol–water partition coefficient (Wildman–Crippen LogP) is 7.16. The molecule has 0 saturated heterocycles. The molecule has 9 heteroatoms. The van der Waals surface area contributed by atoms with E-state index in [0.717, 1.165) is 10.8 Å². The number of anilines is 1. The van der Waals surface area contributed by atoms with E-state index in [1.54, 1.807) is 87.8 Å². The quantitative estimate of drug-likeness (QED) is 0.217. The zero-order chi connectivity index (χ0) is 29.2. The van der Waals surface area contributed by atoms with Gasteiger partial charge in [0.15, 0.2) is 5.75 Å². The van der Waals surface area contributed by atoms with Gasteiger partial charge in [-0.05, 0) is 80.3 Å². The van der Waals surface area contributed by atoms with E-state index in [0.29, 0.717) is 22.4 Å². The van der Waals surface area contributed by atoms with Gasteiger partial charge in [0.05, 0.1) is 10.6 Å². The molecule has 1 heterocycles. The van der Waals surface area contributed by atoms with Gasteiger partial charge in [-0.1, -0.05) is 36.4 Å². The minimum absolute atomic E-state index is 0.137. The molecule has 0 saturated carbocycles. The van der Waals surface area contributed by atoms with Crippen LogP contribution >= 0.6 is 0 Å². The van der Waals surface area contributed by atoms with Crippen molar-refractivity contribution in [3.05, 3.63) is 115 Å². The molecular weight excluding hydrogens is 541 g/mol. The zero-order valence-electron chi connectivity index (χ0n) is 22.7. The van der Waals surface area contributed by atoms with Crippen LogP contribution in [0.3, 0.4) is 0 Å². The maximum atomic E-state index is 14.2. The molecule has 1 aromatic heterocycles. The lowest BCUT2D eigenvalue weighted by Crippen LogP contribution is -2.40. The summed E-state index contributed by atoms with van der Waals surface area (Å²) in [6.07, 6.45) is 3.42. The van der Waals surface area contributed by atoms with E-state index in [2.05, 4.69) is 15.0 Å². The van der Waals surface area contributed by atoms with Crippen LogP contribution in [0.5, 0.6) is 11.5 Å². The number of aromatic nitrogens is 1. The van der Waals surface area contributed by atoms with Crippen molar-refractivity contribution in [3.8, 4) is 22.6 Å². The molecular formula is C32H28FN3O4S. The third-order valence-corrected chi connectivity index (χ3v) is 7.92. The lowest BCUT2D eigenvalue weighted by molar-refractivity contribution is 0.102. The van der Waals surface area contributed by atoms with Crippen molar-refractivity contribution < 1.29 is 22.3 Å². The second-order valence-electron chi connectivity index (χ2n) is 10.5. The number of halogens is 1. The summed E-state index contributed by atoms with van der Waals surface area (Å²) in [5.41, 5.74) is 0.933. The molecule has 0 aliphatic rings. The third kappa shape index (κ3) is 6.59. The molecule has 5 rings (SSSR count). The first-order valence-electron chi connectivity index (χ1n) is 12.8. The molecule has 0 spiro atoms. The predicted molar refractivity (Wildman–Crippen MR) is 158 cm³/mol. The van der Waals surface area contributed by atoms with Crippen LogP contribution in [-0.2, 0) is 10.0 Å². The maximum absolute atomic E-state index is 14.2. The molecule has 0 aliphatic carbocycles. The smallest absolute Gasteiger partial charge is 0.255 e. The second-order valence-corrected chi connectivity index (χ2v) is 12.2. The van der Waals surface area contributed by atoms with Gasteiger partial charge >= 0.3 is 0 Å². The number of carbonyl (C=O) groups excluding carboxylic acids is 1. The van der Waals surface area contributed by atoms with Gasteiger partial charge in [0, 0.05) is 40.5 Å². The van der Waals surface area contributed by atoms with Gasteiger partial charge in [-0.15, -0.1) is 0 Å². The number of nitrogens with one attached hydrogen (secondary N) is 2. The minimum atomic E-state index is -3.79. The number of pyridine rings is 1. The number of amides is 1. The van der Waals surface area contributed by atoms with Crippen LogP contribution in [0.4, 0.5) is 10.1 Å². The average Bonchev–Trinajstić information content (AvgIpc) is 2.93. The molecule has 0 aliphatic heterocycles. The normalized spacial score (nSPS) is 11.8. The molecule has 7 nitrogen and oxygen atoms in total. The molecule has 2 N–H and O–H groups in total. The SMILES string of the molecule is CC(C)(C)NS(=O)(=O)c1ccccc1-c1ccc(C(=O)Nc2cc(F)ccc2Oc2ccc3ccncc3c2)cc1. The zero-order valence-corrected chi connectivity index (χ0v) is 23.5. The fourth-order valence-corrected chi connectivity index (χ4v) is 5.98. The van der Waals surface area contributed by atoms with Crippen LogP contribution in [0.15, 0.2) is 108 Å².